The zero-order chi connectivity index (χ0) is 38.7. The second-order valence-corrected chi connectivity index (χ2v) is 14.6. The van der Waals surface area contributed by atoms with Crippen LogP contribution in [0.25, 0.3) is 100 Å². The van der Waals surface area contributed by atoms with Gasteiger partial charge in [-0.15, -0.1) is 0 Å². The lowest BCUT2D eigenvalue weighted by Gasteiger charge is -2.14. The van der Waals surface area contributed by atoms with E-state index in [1.807, 2.05) is 0 Å². The molecule has 0 saturated carbocycles. The van der Waals surface area contributed by atoms with Gasteiger partial charge in [0.25, 0.3) is 0 Å². The number of nitrogens with zero attached hydrogens (tertiary/aromatic N) is 2. The number of aromatic nitrogens is 2. The molecule has 272 valence electrons. The molecule has 0 spiro atoms. The quantitative estimate of drug-likeness (QED) is 0.155. The predicted octanol–water partition coefficient (Wildman–Crippen LogP) is 15.0. The van der Waals surface area contributed by atoms with E-state index in [9.17, 15) is 0 Å². The van der Waals surface area contributed by atoms with Crippen LogP contribution in [0.1, 0.15) is 0 Å². The fraction of sp³-hybridized carbons (Fsp3) is 0. The molecule has 0 unspecified atom stereocenters. The van der Waals surface area contributed by atoms with Gasteiger partial charge in [-0.3, -0.25) is 0 Å². The van der Waals surface area contributed by atoms with Gasteiger partial charge in [-0.1, -0.05) is 176 Å². The molecule has 0 bridgehead atoms. The van der Waals surface area contributed by atoms with E-state index in [0.717, 1.165) is 61.1 Å². The van der Waals surface area contributed by atoms with Crippen molar-refractivity contribution >= 4 is 10.9 Å². The summed E-state index contributed by atoms with van der Waals surface area (Å²) in [5, 5.41) is 1.02. The van der Waals surface area contributed by atoms with Gasteiger partial charge >= 0.3 is 0 Å². The zero-order valence-corrected chi connectivity index (χ0v) is 31.8. The molecule has 2 nitrogen and oxygen atoms in total. The Labute approximate surface area is 339 Å². The van der Waals surface area contributed by atoms with Crippen LogP contribution in [0.3, 0.4) is 0 Å². The third-order valence-corrected chi connectivity index (χ3v) is 10.8. The van der Waals surface area contributed by atoms with E-state index in [1.54, 1.807) is 0 Å². The van der Waals surface area contributed by atoms with Crippen LogP contribution in [0.5, 0.6) is 0 Å². The minimum atomic E-state index is 0.698. The summed E-state index contributed by atoms with van der Waals surface area (Å²) in [6.07, 6.45) is 0. The zero-order valence-electron chi connectivity index (χ0n) is 31.8. The van der Waals surface area contributed by atoms with Crippen molar-refractivity contribution in [3.8, 4) is 89.4 Å². The standard InChI is InChI=1S/C56H38N2/c1-5-17-39(18-6-1)47-33-48(40-19-7-2-8-20-40)36-51(35-47)45-27-15-25-43(31-45)44-26-16-28-46(32-44)55-53-29-13-14-30-54(53)57-56(58-55)52-37-49(41-21-9-3-10-22-41)34-50(38-52)42-23-11-4-12-24-42/h1-38H. The van der Waals surface area contributed by atoms with Gasteiger partial charge < -0.3 is 0 Å². The highest BCUT2D eigenvalue weighted by Gasteiger charge is 2.15. The third-order valence-electron chi connectivity index (χ3n) is 10.8. The summed E-state index contributed by atoms with van der Waals surface area (Å²) in [6.45, 7) is 0. The van der Waals surface area contributed by atoms with E-state index in [1.165, 1.54) is 33.4 Å². The minimum absolute atomic E-state index is 0.698. The van der Waals surface area contributed by atoms with Crippen molar-refractivity contribution < 1.29 is 0 Å². The van der Waals surface area contributed by atoms with Crippen LogP contribution in [0.2, 0.25) is 0 Å². The molecule has 1 heterocycles. The molecule has 10 aromatic rings. The highest BCUT2D eigenvalue weighted by Crippen LogP contribution is 2.38. The summed E-state index contributed by atoms with van der Waals surface area (Å²) in [5.41, 5.74) is 17.8. The minimum Gasteiger partial charge on any atom is -0.228 e. The maximum atomic E-state index is 5.38. The summed E-state index contributed by atoms with van der Waals surface area (Å²) < 4.78 is 0. The number of hydrogen-bond acceptors (Lipinski definition) is 2. The molecule has 0 radical (unpaired) electrons. The monoisotopic (exact) mass is 738 g/mol. The molecule has 1 aromatic heterocycles. The van der Waals surface area contributed by atoms with Crippen LogP contribution >= 0.6 is 0 Å². The fourth-order valence-corrected chi connectivity index (χ4v) is 7.89. The Balaban J connectivity index is 1.07. The lowest BCUT2D eigenvalue weighted by molar-refractivity contribution is 1.23. The molecule has 0 amide bonds. The van der Waals surface area contributed by atoms with Crippen LogP contribution in [-0.4, -0.2) is 9.97 Å². The van der Waals surface area contributed by atoms with E-state index in [0.29, 0.717) is 5.82 Å². The molecule has 0 aliphatic carbocycles. The van der Waals surface area contributed by atoms with Crippen molar-refractivity contribution in [2.24, 2.45) is 0 Å². The summed E-state index contributed by atoms with van der Waals surface area (Å²) in [6, 6.07) is 81.9. The average Bonchev–Trinajstić information content (AvgIpc) is 3.32. The van der Waals surface area contributed by atoms with Crippen molar-refractivity contribution in [2.75, 3.05) is 0 Å². The maximum absolute atomic E-state index is 5.38. The van der Waals surface area contributed by atoms with Gasteiger partial charge in [-0.25, -0.2) is 9.97 Å². The van der Waals surface area contributed by atoms with Crippen molar-refractivity contribution in [2.45, 2.75) is 0 Å². The molecular weight excluding hydrogens is 701 g/mol. The van der Waals surface area contributed by atoms with Gasteiger partial charge in [0, 0.05) is 16.5 Å². The first-order valence-corrected chi connectivity index (χ1v) is 19.7. The predicted molar refractivity (Wildman–Crippen MR) is 243 cm³/mol. The Morgan fingerprint density at radius 2 is 0.517 bits per heavy atom. The van der Waals surface area contributed by atoms with E-state index in [4.69, 9.17) is 9.97 Å². The highest BCUT2D eigenvalue weighted by atomic mass is 14.9. The number of fused-ring (bicyclic) bond motifs is 1. The first kappa shape index (κ1) is 34.8. The average molecular weight is 739 g/mol. The maximum Gasteiger partial charge on any atom is 0.160 e. The fourth-order valence-electron chi connectivity index (χ4n) is 7.89. The molecule has 0 fully saturated rings. The van der Waals surface area contributed by atoms with Gasteiger partial charge in [0.1, 0.15) is 0 Å². The summed E-state index contributed by atoms with van der Waals surface area (Å²) in [7, 11) is 0. The SMILES string of the molecule is c1ccc(-c2cc(-c3ccccc3)cc(-c3cccc(-c4cccc(-c5nc(-c6cc(-c7ccccc7)cc(-c7ccccc7)c6)nc6ccccc56)c4)c3)c2)cc1. The number of benzene rings is 9. The third kappa shape index (κ3) is 7.11. The second kappa shape index (κ2) is 15.5. The second-order valence-electron chi connectivity index (χ2n) is 14.6. The van der Waals surface area contributed by atoms with Crippen molar-refractivity contribution in [1.82, 2.24) is 9.97 Å². The van der Waals surface area contributed by atoms with Crippen molar-refractivity contribution in [3.63, 3.8) is 0 Å². The molecule has 0 saturated heterocycles. The molecule has 10 rings (SSSR count). The highest BCUT2D eigenvalue weighted by molar-refractivity contribution is 5.95. The number of para-hydroxylation sites is 1. The topological polar surface area (TPSA) is 25.8 Å². The van der Waals surface area contributed by atoms with E-state index in [2.05, 4.69) is 231 Å². The molecule has 58 heavy (non-hydrogen) atoms. The van der Waals surface area contributed by atoms with Gasteiger partial charge in [0.05, 0.1) is 11.2 Å². The van der Waals surface area contributed by atoms with Gasteiger partial charge in [-0.05, 0) is 121 Å². The van der Waals surface area contributed by atoms with Gasteiger partial charge in [0.15, 0.2) is 5.82 Å². The summed E-state index contributed by atoms with van der Waals surface area (Å²) in [5.74, 6) is 0.698. The number of rotatable bonds is 8. The van der Waals surface area contributed by atoms with E-state index >= 15 is 0 Å². The Morgan fingerprint density at radius 1 is 0.207 bits per heavy atom. The molecule has 0 atom stereocenters. The molecule has 0 aliphatic heterocycles. The van der Waals surface area contributed by atoms with Crippen molar-refractivity contribution in [3.05, 3.63) is 231 Å². The lowest BCUT2D eigenvalue weighted by atomic mass is 9.92. The first-order valence-electron chi connectivity index (χ1n) is 19.7. The molecular formula is C56H38N2. The van der Waals surface area contributed by atoms with Crippen LogP contribution in [0, 0.1) is 0 Å². The van der Waals surface area contributed by atoms with Crippen molar-refractivity contribution in [1.29, 1.82) is 0 Å². The Morgan fingerprint density at radius 3 is 0.983 bits per heavy atom. The van der Waals surface area contributed by atoms with Crippen LogP contribution in [0.15, 0.2) is 231 Å². The van der Waals surface area contributed by atoms with E-state index < -0.39 is 0 Å². The Hall–Kier alpha value is -7.68. The lowest BCUT2D eigenvalue weighted by Crippen LogP contribution is -1.96. The van der Waals surface area contributed by atoms with Crippen LogP contribution < -0.4 is 0 Å². The van der Waals surface area contributed by atoms with Gasteiger partial charge in [0.2, 0.25) is 0 Å². The molecule has 9 aromatic carbocycles. The Kier molecular flexibility index (Phi) is 9.27. The normalized spacial score (nSPS) is 11.1. The molecule has 2 heteroatoms. The molecule has 0 N–H and O–H groups in total. The molecule has 0 aliphatic rings. The van der Waals surface area contributed by atoms with Crippen LogP contribution in [-0.2, 0) is 0 Å². The van der Waals surface area contributed by atoms with Crippen LogP contribution in [0.4, 0.5) is 0 Å². The first-order chi connectivity index (χ1) is 28.7. The van der Waals surface area contributed by atoms with E-state index in [-0.39, 0.29) is 0 Å². The number of hydrogen-bond donors (Lipinski definition) is 0. The largest absolute Gasteiger partial charge is 0.228 e. The summed E-state index contributed by atoms with van der Waals surface area (Å²) in [4.78, 5) is 10.6. The summed E-state index contributed by atoms with van der Waals surface area (Å²) >= 11 is 0. The Bertz CT molecular complexity index is 2910. The smallest absolute Gasteiger partial charge is 0.160 e. The van der Waals surface area contributed by atoms with Gasteiger partial charge in [-0.2, -0.15) is 0 Å².